The summed E-state index contributed by atoms with van der Waals surface area (Å²) in [5, 5.41) is 9.52. The molecule has 1 atom stereocenters. The molecule has 126 valence electrons. The minimum absolute atomic E-state index is 0.143. The molecule has 0 spiro atoms. The van der Waals surface area contributed by atoms with Gasteiger partial charge in [-0.15, -0.1) is 0 Å². The Kier molecular flexibility index (Phi) is 4.53. The highest BCUT2D eigenvalue weighted by Crippen LogP contribution is 2.19. The zero-order valence-electron chi connectivity index (χ0n) is 14.5. The van der Waals surface area contributed by atoms with Crippen molar-refractivity contribution in [3.8, 4) is 11.8 Å². The van der Waals surface area contributed by atoms with Crippen LogP contribution in [0.4, 0.5) is 0 Å². The van der Waals surface area contributed by atoms with Gasteiger partial charge in [0.2, 0.25) is 5.92 Å². The van der Waals surface area contributed by atoms with Crippen LogP contribution in [0.2, 0.25) is 0 Å². The number of ketones is 1. The summed E-state index contributed by atoms with van der Waals surface area (Å²) in [5.74, 6) is 0.0263. The number of aromatic amines is 1. The Morgan fingerprint density at radius 2 is 2.00 bits per heavy atom. The van der Waals surface area contributed by atoms with Crippen LogP contribution in [0.25, 0.3) is 11.0 Å². The number of nitrogens with zero attached hydrogens (tertiary/aromatic N) is 2. The van der Waals surface area contributed by atoms with Crippen LogP contribution >= 0.6 is 0 Å². The first kappa shape index (κ1) is 16.7. The van der Waals surface area contributed by atoms with Crippen LogP contribution in [0.5, 0.6) is 5.75 Å². The Hall–Kier alpha value is -3.13. The second kappa shape index (κ2) is 6.78. The van der Waals surface area contributed by atoms with Gasteiger partial charge in [0.1, 0.15) is 12.4 Å². The van der Waals surface area contributed by atoms with Crippen molar-refractivity contribution >= 4 is 16.8 Å². The second-order valence-corrected chi connectivity index (χ2v) is 6.15. The Labute approximate surface area is 146 Å². The predicted molar refractivity (Wildman–Crippen MR) is 94.2 cm³/mol. The monoisotopic (exact) mass is 334 g/mol. The number of carbonyl (C=O) groups excluding carboxylic acids is 1. The lowest BCUT2D eigenvalue weighted by Gasteiger charge is -2.09. The van der Waals surface area contributed by atoms with Gasteiger partial charge in [-0.05, 0) is 49.2 Å². The number of rotatable bonds is 5. The number of Topliss-reactive ketones (excluding diaryl/α,β-unsaturated/α-hetero) is 1. The van der Waals surface area contributed by atoms with Crippen LogP contribution in [0.1, 0.15) is 22.9 Å². The molecule has 0 fully saturated rings. The Balaban J connectivity index is 1.80. The minimum atomic E-state index is -0.899. The Morgan fingerprint density at radius 3 is 2.68 bits per heavy atom. The van der Waals surface area contributed by atoms with E-state index in [1.807, 2.05) is 67.9 Å². The average Bonchev–Trinajstić information content (AvgIpc) is 2.94. The molecule has 1 N–H and O–H groups in total. The molecule has 3 aromatic rings. The van der Waals surface area contributed by atoms with Gasteiger partial charge in [-0.1, -0.05) is 18.2 Å². The number of benzene rings is 2. The summed E-state index contributed by atoms with van der Waals surface area (Å²) < 4.78 is 7.44. The number of imidazole rings is 1. The second-order valence-electron chi connectivity index (χ2n) is 6.15. The van der Waals surface area contributed by atoms with Crippen molar-refractivity contribution < 1.29 is 14.1 Å². The fourth-order valence-electron chi connectivity index (χ4n) is 2.82. The van der Waals surface area contributed by atoms with Gasteiger partial charge in [0, 0.05) is 0 Å². The Bertz CT molecular complexity index is 982. The molecule has 0 bridgehead atoms. The molecule has 5 heteroatoms. The normalized spacial score (nSPS) is 11.9. The minimum Gasteiger partial charge on any atom is -0.486 e. The van der Waals surface area contributed by atoms with Crippen molar-refractivity contribution in [1.29, 1.82) is 5.26 Å². The zero-order chi connectivity index (χ0) is 18.0. The largest absolute Gasteiger partial charge is 0.486 e. The lowest BCUT2D eigenvalue weighted by molar-refractivity contribution is -0.652. The summed E-state index contributed by atoms with van der Waals surface area (Å²) in [6.45, 7) is 3.87. The third kappa shape index (κ3) is 3.24. The van der Waals surface area contributed by atoms with E-state index < -0.39 is 5.92 Å². The first-order valence-corrected chi connectivity index (χ1v) is 8.10. The van der Waals surface area contributed by atoms with Gasteiger partial charge in [0.25, 0.3) is 5.82 Å². The summed E-state index contributed by atoms with van der Waals surface area (Å²) in [5.41, 5.74) is 4.10. The number of carbonyl (C=O) groups is 1. The predicted octanol–water partition coefficient (Wildman–Crippen LogP) is 2.86. The molecular weight excluding hydrogens is 314 g/mol. The van der Waals surface area contributed by atoms with Gasteiger partial charge in [-0.2, -0.15) is 5.26 Å². The van der Waals surface area contributed by atoms with Crippen molar-refractivity contribution in [3.63, 3.8) is 0 Å². The molecule has 0 saturated carbocycles. The first-order chi connectivity index (χ1) is 12.0. The number of nitrogens with one attached hydrogen (secondary N) is 1. The maximum Gasteiger partial charge on any atom is 0.280 e. The number of nitriles is 1. The summed E-state index contributed by atoms with van der Waals surface area (Å²) in [6, 6.07) is 15.5. The standard InChI is InChI=1S/C20H19N3O2/c1-13-8-9-15(10-14(13)2)25-12-19(24)16(11-21)20-22-17-6-4-5-7-18(17)23(20)3/h4-10,16H,12H2,1-3H3/p+1. The molecule has 1 aromatic heterocycles. The van der Waals surface area contributed by atoms with E-state index in [0.717, 1.165) is 16.6 Å². The van der Waals surface area contributed by atoms with Crippen LogP contribution in [-0.4, -0.2) is 17.4 Å². The SMILES string of the molecule is Cc1ccc(OCC(=O)C(C#N)c2[nH]c3ccccc3[n+]2C)cc1C. The van der Waals surface area contributed by atoms with E-state index in [1.54, 1.807) is 0 Å². The van der Waals surface area contributed by atoms with E-state index in [-0.39, 0.29) is 12.4 Å². The number of hydrogen-bond donors (Lipinski definition) is 1. The molecule has 3 rings (SSSR count). The van der Waals surface area contributed by atoms with E-state index in [4.69, 9.17) is 4.74 Å². The van der Waals surface area contributed by atoms with Crippen LogP contribution in [0.3, 0.4) is 0 Å². The number of ether oxygens (including phenoxy) is 1. The fourth-order valence-corrected chi connectivity index (χ4v) is 2.82. The van der Waals surface area contributed by atoms with Crippen molar-refractivity contribution in [2.24, 2.45) is 7.05 Å². The highest BCUT2D eigenvalue weighted by molar-refractivity contribution is 5.89. The first-order valence-electron chi connectivity index (χ1n) is 8.10. The third-order valence-corrected chi connectivity index (χ3v) is 4.47. The van der Waals surface area contributed by atoms with E-state index in [9.17, 15) is 10.1 Å². The lowest BCUT2D eigenvalue weighted by atomic mass is 10.1. The highest BCUT2D eigenvalue weighted by atomic mass is 16.5. The van der Waals surface area contributed by atoms with Crippen molar-refractivity contribution in [1.82, 2.24) is 4.98 Å². The Morgan fingerprint density at radius 1 is 1.24 bits per heavy atom. The van der Waals surface area contributed by atoms with Crippen LogP contribution in [-0.2, 0) is 11.8 Å². The van der Waals surface area contributed by atoms with Crippen molar-refractivity contribution in [2.75, 3.05) is 6.61 Å². The molecule has 0 amide bonds. The molecule has 1 heterocycles. The molecular formula is C20H20N3O2+. The summed E-state index contributed by atoms with van der Waals surface area (Å²) in [4.78, 5) is 15.7. The molecule has 25 heavy (non-hydrogen) atoms. The van der Waals surface area contributed by atoms with Gasteiger partial charge < -0.3 is 4.74 Å². The summed E-state index contributed by atoms with van der Waals surface area (Å²) >= 11 is 0. The van der Waals surface area contributed by atoms with Crippen molar-refractivity contribution in [3.05, 3.63) is 59.4 Å². The van der Waals surface area contributed by atoms with E-state index in [2.05, 4.69) is 11.1 Å². The van der Waals surface area contributed by atoms with Crippen LogP contribution in [0, 0.1) is 25.2 Å². The summed E-state index contributed by atoms with van der Waals surface area (Å²) in [7, 11) is 1.84. The van der Waals surface area contributed by atoms with Crippen LogP contribution in [0.15, 0.2) is 42.5 Å². The van der Waals surface area contributed by atoms with E-state index >= 15 is 0 Å². The maximum absolute atomic E-state index is 12.5. The third-order valence-electron chi connectivity index (χ3n) is 4.47. The smallest absolute Gasteiger partial charge is 0.280 e. The molecule has 0 radical (unpaired) electrons. The molecule has 5 nitrogen and oxygen atoms in total. The quantitative estimate of drug-likeness (QED) is 0.730. The van der Waals surface area contributed by atoms with Gasteiger partial charge in [0.05, 0.1) is 13.1 Å². The van der Waals surface area contributed by atoms with E-state index in [0.29, 0.717) is 11.6 Å². The topological polar surface area (TPSA) is 69.8 Å². The molecule has 0 aliphatic carbocycles. The van der Waals surface area contributed by atoms with Crippen molar-refractivity contribution in [2.45, 2.75) is 19.8 Å². The molecule has 1 unspecified atom stereocenters. The van der Waals surface area contributed by atoms with Gasteiger partial charge in [0.15, 0.2) is 16.8 Å². The number of para-hydroxylation sites is 2. The van der Waals surface area contributed by atoms with Gasteiger partial charge in [-0.25, -0.2) is 9.55 Å². The molecule has 0 aliphatic rings. The summed E-state index contributed by atoms with van der Waals surface area (Å²) in [6.07, 6.45) is 0. The number of aromatic nitrogens is 2. The van der Waals surface area contributed by atoms with Gasteiger partial charge in [-0.3, -0.25) is 4.79 Å². The highest BCUT2D eigenvalue weighted by Gasteiger charge is 2.31. The fraction of sp³-hybridized carbons (Fsp3) is 0.250. The number of aryl methyl sites for hydroxylation is 3. The number of hydrogen-bond acceptors (Lipinski definition) is 3. The number of fused-ring (bicyclic) bond motifs is 1. The van der Waals surface area contributed by atoms with Gasteiger partial charge >= 0.3 is 0 Å². The van der Waals surface area contributed by atoms with E-state index in [1.165, 1.54) is 5.56 Å². The lowest BCUT2D eigenvalue weighted by Crippen LogP contribution is -2.36. The maximum atomic E-state index is 12.5. The average molecular weight is 334 g/mol. The molecule has 0 saturated heterocycles. The molecule has 0 aliphatic heterocycles. The zero-order valence-corrected chi connectivity index (χ0v) is 14.5. The number of H-pyrrole nitrogens is 1. The molecule has 2 aromatic carbocycles. The van der Waals surface area contributed by atoms with Crippen LogP contribution < -0.4 is 9.30 Å².